The standard InChI is InChI=1S/C14H18BrNO/c1-9-4-5-13(10(2)6-9)11(3)16-8-12(15)7-14(16)17/h4-6,11-12H,7-8H2,1-3H3. The molecule has 1 aliphatic heterocycles. The number of rotatable bonds is 2. The van der Waals surface area contributed by atoms with Crippen LogP contribution >= 0.6 is 15.9 Å². The summed E-state index contributed by atoms with van der Waals surface area (Å²) in [7, 11) is 0. The van der Waals surface area contributed by atoms with Crippen molar-refractivity contribution >= 4 is 21.8 Å². The van der Waals surface area contributed by atoms with Crippen LogP contribution in [0.4, 0.5) is 0 Å². The second kappa shape index (κ2) is 4.81. The minimum Gasteiger partial charge on any atom is -0.335 e. The van der Waals surface area contributed by atoms with Crippen LogP contribution in [0.5, 0.6) is 0 Å². The molecule has 0 N–H and O–H groups in total. The Hall–Kier alpha value is -0.830. The molecule has 1 aliphatic rings. The summed E-state index contributed by atoms with van der Waals surface area (Å²) in [6.45, 7) is 7.13. The Morgan fingerprint density at radius 3 is 2.65 bits per heavy atom. The number of hydrogen-bond donors (Lipinski definition) is 0. The van der Waals surface area contributed by atoms with E-state index in [-0.39, 0.29) is 11.9 Å². The fraction of sp³-hybridized carbons (Fsp3) is 0.500. The molecule has 92 valence electrons. The zero-order valence-corrected chi connectivity index (χ0v) is 12.1. The Morgan fingerprint density at radius 2 is 2.12 bits per heavy atom. The zero-order chi connectivity index (χ0) is 12.6. The third-order valence-corrected chi connectivity index (χ3v) is 4.07. The molecule has 0 saturated carbocycles. The van der Waals surface area contributed by atoms with E-state index in [1.807, 2.05) is 4.90 Å². The van der Waals surface area contributed by atoms with E-state index in [1.165, 1.54) is 16.7 Å². The molecule has 1 aromatic carbocycles. The highest BCUT2D eigenvalue weighted by atomic mass is 79.9. The topological polar surface area (TPSA) is 20.3 Å². The molecule has 0 radical (unpaired) electrons. The highest BCUT2D eigenvalue weighted by molar-refractivity contribution is 9.09. The molecule has 1 heterocycles. The molecule has 1 amide bonds. The lowest BCUT2D eigenvalue weighted by Crippen LogP contribution is -2.29. The van der Waals surface area contributed by atoms with Gasteiger partial charge in [0.25, 0.3) is 0 Å². The smallest absolute Gasteiger partial charge is 0.224 e. The van der Waals surface area contributed by atoms with Crippen molar-refractivity contribution in [3.63, 3.8) is 0 Å². The van der Waals surface area contributed by atoms with Crippen LogP contribution in [0.3, 0.4) is 0 Å². The normalized spacial score (nSPS) is 22.0. The van der Waals surface area contributed by atoms with Gasteiger partial charge in [0.15, 0.2) is 0 Å². The third kappa shape index (κ3) is 2.54. The van der Waals surface area contributed by atoms with E-state index in [0.717, 1.165) is 6.54 Å². The van der Waals surface area contributed by atoms with Gasteiger partial charge in [-0.05, 0) is 31.9 Å². The predicted octanol–water partition coefficient (Wildman–Crippen LogP) is 3.36. The molecular weight excluding hydrogens is 278 g/mol. The van der Waals surface area contributed by atoms with Crippen LogP contribution in [0.1, 0.15) is 36.1 Å². The van der Waals surface area contributed by atoms with Gasteiger partial charge >= 0.3 is 0 Å². The maximum atomic E-state index is 11.9. The Bertz CT molecular complexity index is 444. The molecule has 0 bridgehead atoms. The van der Waals surface area contributed by atoms with Crippen LogP contribution < -0.4 is 0 Å². The Morgan fingerprint density at radius 1 is 1.41 bits per heavy atom. The van der Waals surface area contributed by atoms with Gasteiger partial charge in [-0.2, -0.15) is 0 Å². The number of alkyl halides is 1. The quantitative estimate of drug-likeness (QED) is 0.766. The summed E-state index contributed by atoms with van der Waals surface area (Å²) in [6.07, 6.45) is 0.620. The van der Waals surface area contributed by atoms with E-state index in [9.17, 15) is 4.79 Å². The largest absolute Gasteiger partial charge is 0.335 e. The minimum absolute atomic E-state index is 0.172. The molecule has 2 rings (SSSR count). The van der Waals surface area contributed by atoms with Gasteiger partial charge < -0.3 is 4.90 Å². The Kier molecular flexibility index (Phi) is 3.57. The molecule has 2 nitrogen and oxygen atoms in total. The molecule has 1 saturated heterocycles. The maximum absolute atomic E-state index is 11.9. The fourth-order valence-electron chi connectivity index (χ4n) is 2.52. The van der Waals surface area contributed by atoms with Gasteiger partial charge in [-0.1, -0.05) is 39.7 Å². The number of amides is 1. The second-order valence-corrected chi connectivity index (χ2v) is 6.18. The van der Waals surface area contributed by atoms with Crippen molar-refractivity contribution in [2.45, 2.75) is 38.1 Å². The first-order chi connectivity index (χ1) is 7.99. The molecule has 0 spiro atoms. The van der Waals surface area contributed by atoms with E-state index in [2.05, 4.69) is 54.9 Å². The first kappa shape index (κ1) is 12.6. The third-order valence-electron chi connectivity index (χ3n) is 3.45. The van der Waals surface area contributed by atoms with Crippen LogP contribution in [-0.4, -0.2) is 22.2 Å². The molecular formula is C14H18BrNO. The molecule has 0 aliphatic carbocycles. The summed E-state index contributed by atoms with van der Waals surface area (Å²) < 4.78 is 0. The van der Waals surface area contributed by atoms with Crippen molar-refractivity contribution in [2.75, 3.05) is 6.54 Å². The van der Waals surface area contributed by atoms with Crippen LogP contribution in [0.15, 0.2) is 18.2 Å². The summed E-state index contributed by atoms with van der Waals surface area (Å²) in [5, 5.41) is 0. The fourth-order valence-corrected chi connectivity index (χ4v) is 3.11. The average molecular weight is 296 g/mol. The van der Waals surface area contributed by atoms with Gasteiger partial charge in [-0.25, -0.2) is 0 Å². The van der Waals surface area contributed by atoms with Crippen molar-refractivity contribution in [1.82, 2.24) is 4.90 Å². The highest BCUT2D eigenvalue weighted by Crippen LogP contribution is 2.30. The predicted molar refractivity (Wildman–Crippen MR) is 73.4 cm³/mol. The first-order valence-corrected chi connectivity index (χ1v) is 6.91. The second-order valence-electron chi connectivity index (χ2n) is 4.88. The molecule has 17 heavy (non-hydrogen) atoms. The van der Waals surface area contributed by atoms with Gasteiger partial charge in [-0.15, -0.1) is 0 Å². The van der Waals surface area contributed by atoms with Crippen molar-refractivity contribution in [1.29, 1.82) is 0 Å². The van der Waals surface area contributed by atoms with E-state index < -0.39 is 0 Å². The van der Waals surface area contributed by atoms with E-state index in [0.29, 0.717) is 11.2 Å². The Labute approximate surface area is 111 Å². The number of nitrogens with zero attached hydrogens (tertiary/aromatic N) is 1. The van der Waals surface area contributed by atoms with Gasteiger partial charge in [0, 0.05) is 17.8 Å². The number of carbonyl (C=O) groups excluding carboxylic acids is 1. The number of hydrogen-bond acceptors (Lipinski definition) is 1. The number of halogens is 1. The van der Waals surface area contributed by atoms with Gasteiger partial charge in [0.1, 0.15) is 0 Å². The summed E-state index contributed by atoms with van der Waals surface area (Å²) in [6, 6.07) is 6.61. The van der Waals surface area contributed by atoms with Gasteiger partial charge in [0.2, 0.25) is 5.91 Å². The number of aryl methyl sites for hydroxylation is 2. The number of benzene rings is 1. The van der Waals surface area contributed by atoms with E-state index in [1.54, 1.807) is 0 Å². The molecule has 1 aromatic rings. The molecule has 2 unspecified atom stereocenters. The maximum Gasteiger partial charge on any atom is 0.224 e. The lowest BCUT2D eigenvalue weighted by Gasteiger charge is -2.26. The van der Waals surface area contributed by atoms with Crippen molar-refractivity contribution in [2.24, 2.45) is 0 Å². The number of carbonyl (C=O) groups is 1. The summed E-state index contributed by atoms with van der Waals surface area (Å²) in [5.41, 5.74) is 3.79. The van der Waals surface area contributed by atoms with Gasteiger partial charge in [0.05, 0.1) is 6.04 Å². The van der Waals surface area contributed by atoms with Gasteiger partial charge in [-0.3, -0.25) is 4.79 Å². The number of likely N-dealkylation sites (tertiary alicyclic amines) is 1. The van der Waals surface area contributed by atoms with Crippen LogP contribution in [0, 0.1) is 13.8 Å². The zero-order valence-electron chi connectivity index (χ0n) is 10.5. The van der Waals surface area contributed by atoms with Crippen LogP contribution in [-0.2, 0) is 4.79 Å². The van der Waals surface area contributed by atoms with Crippen molar-refractivity contribution in [3.8, 4) is 0 Å². The molecule has 1 fully saturated rings. The SMILES string of the molecule is Cc1ccc(C(C)N2CC(Br)CC2=O)c(C)c1. The highest BCUT2D eigenvalue weighted by Gasteiger charge is 2.31. The minimum atomic E-state index is 0.172. The summed E-state index contributed by atoms with van der Waals surface area (Å²) in [4.78, 5) is 14.2. The van der Waals surface area contributed by atoms with Crippen molar-refractivity contribution < 1.29 is 4.79 Å². The van der Waals surface area contributed by atoms with Crippen LogP contribution in [0.2, 0.25) is 0 Å². The van der Waals surface area contributed by atoms with Crippen molar-refractivity contribution in [3.05, 3.63) is 34.9 Å². The summed E-state index contributed by atoms with van der Waals surface area (Å²) in [5.74, 6) is 0.249. The average Bonchev–Trinajstić information content (AvgIpc) is 2.57. The lowest BCUT2D eigenvalue weighted by atomic mass is 9.99. The van der Waals surface area contributed by atoms with Crippen LogP contribution in [0.25, 0.3) is 0 Å². The van der Waals surface area contributed by atoms with E-state index in [4.69, 9.17) is 0 Å². The van der Waals surface area contributed by atoms with E-state index >= 15 is 0 Å². The Balaban J connectivity index is 2.25. The summed E-state index contributed by atoms with van der Waals surface area (Å²) >= 11 is 3.53. The molecule has 0 aromatic heterocycles. The lowest BCUT2D eigenvalue weighted by molar-refractivity contribution is -0.129. The first-order valence-electron chi connectivity index (χ1n) is 5.99. The molecule has 2 atom stereocenters. The monoisotopic (exact) mass is 295 g/mol. The molecule has 3 heteroatoms.